The molecule has 174 valence electrons. The fourth-order valence-electron chi connectivity index (χ4n) is 4.48. The average molecular weight is 481 g/mol. The van der Waals surface area contributed by atoms with Gasteiger partial charge in [-0.1, -0.05) is 79.2 Å². The summed E-state index contributed by atoms with van der Waals surface area (Å²) in [4.78, 5) is 16.5. The van der Waals surface area contributed by atoms with Gasteiger partial charge < -0.3 is 9.67 Å². The fourth-order valence-corrected chi connectivity index (χ4v) is 4.61. The highest BCUT2D eigenvalue weighted by molar-refractivity contribution is 6.30. The average Bonchev–Trinajstić information content (AvgIpc) is 3.21. The number of imidazole rings is 1. The molecule has 0 aliphatic carbocycles. The summed E-state index contributed by atoms with van der Waals surface area (Å²) in [6.45, 7) is 2.86. The summed E-state index contributed by atoms with van der Waals surface area (Å²) in [7, 11) is 0. The predicted molar refractivity (Wildman–Crippen MR) is 142 cm³/mol. The first-order valence-corrected chi connectivity index (χ1v) is 12.1. The monoisotopic (exact) mass is 480 g/mol. The topological polar surface area (TPSA) is 55.1 Å². The molecule has 0 fully saturated rings. The van der Waals surface area contributed by atoms with Crippen LogP contribution >= 0.6 is 11.6 Å². The summed E-state index contributed by atoms with van der Waals surface area (Å²) < 4.78 is 2.29. The molecule has 0 saturated carbocycles. The normalized spacial score (nSPS) is 11.1. The SMILES string of the molecule is CCCc1nc2ccc(-c3ccc(Cl)cc3)cc2n1Cc1ccc(-c2ccccc2C(=O)O)cc1. The Labute approximate surface area is 209 Å². The van der Waals surface area contributed by atoms with Crippen LogP contribution in [0, 0.1) is 0 Å². The quantitative estimate of drug-likeness (QED) is 0.259. The smallest absolute Gasteiger partial charge is 0.336 e. The summed E-state index contributed by atoms with van der Waals surface area (Å²) >= 11 is 6.08. The number of carboxylic acid groups (broad SMARTS) is 1. The number of fused-ring (bicyclic) bond motifs is 1. The molecule has 0 spiro atoms. The van der Waals surface area contributed by atoms with Crippen LogP contribution in [0.4, 0.5) is 0 Å². The van der Waals surface area contributed by atoms with Gasteiger partial charge in [0.1, 0.15) is 5.82 Å². The highest BCUT2D eigenvalue weighted by Crippen LogP contribution is 2.28. The molecule has 0 saturated heterocycles. The lowest BCUT2D eigenvalue weighted by Gasteiger charge is -2.11. The van der Waals surface area contributed by atoms with Crippen molar-refractivity contribution >= 4 is 28.6 Å². The van der Waals surface area contributed by atoms with Crippen LogP contribution in [0.3, 0.4) is 0 Å². The molecule has 0 aliphatic heterocycles. The molecule has 0 atom stereocenters. The van der Waals surface area contributed by atoms with Crippen molar-refractivity contribution in [2.75, 3.05) is 0 Å². The number of rotatable bonds is 7. The molecule has 0 aliphatic rings. The first kappa shape index (κ1) is 22.9. The molecular formula is C30H25ClN2O2. The van der Waals surface area contributed by atoms with E-state index in [1.165, 1.54) is 0 Å². The molecule has 4 nitrogen and oxygen atoms in total. The highest BCUT2D eigenvalue weighted by Gasteiger charge is 2.14. The Bertz CT molecular complexity index is 1500. The number of carbonyl (C=O) groups is 1. The zero-order valence-corrected chi connectivity index (χ0v) is 20.2. The Morgan fingerprint density at radius 3 is 2.29 bits per heavy atom. The van der Waals surface area contributed by atoms with E-state index < -0.39 is 5.97 Å². The van der Waals surface area contributed by atoms with Gasteiger partial charge in [0.15, 0.2) is 0 Å². The molecule has 5 heteroatoms. The molecule has 1 aromatic heterocycles. The van der Waals surface area contributed by atoms with Gasteiger partial charge in [-0.15, -0.1) is 0 Å². The van der Waals surface area contributed by atoms with Gasteiger partial charge in [-0.2, -0.15) is 0 Å². The van der Waals surface area contributed by atoms with E-state index in [-0.39, 0.29) is 0 Å². The van der Waals surface area contributed by atoms with Crippen LogP contribution in [0.25, 0.3) is 33.3 Å². The first-order valence-electron chi connectivity index (χ1n) is 11.7. The van der Waals surface area contributed by atoms with E-state index in [1.54, 1.807) is 12.1 Å². The van der Waals surface area contributed by atoms with Gasteiger partial charge >= 0.3 is 5.97 Å². The van der Waals surface area contributed by atoms with E-state index in [0.717, 1.165) is 62.5 Å². The second-order valence-corrected chi connectivity index (χ2v) is 9.06. The van der Waals surface area contributed by atoms with Crippen molar-refractivity contribution in [3.05, 3.63) is 113 Å². The number of benzene rings is 4. The van der Waals surface area contributed by atoms with Crippen LogP contribution in [0.15, 0.2) is 91.0 Å². The standard InChI is InChI=1S/C30H25ClN2O2/c1-2-5-29-32-27-17-14-23(21-12-15-24(31)16-13-21)18-28(27)33(29)19-20-8-10-22(11-9-20)25-6-3-4-7-26(25)30(34)35/h3-4,6-18H,2,5,19H2,1H3,(H,34,35). The summed E-state index contributed by atoms with van der Waals surface area (Å²) in [5.41, 5.74) is 7.37. The maximum absolute atomic E-state index is 11.6. The predicted octanol–water partition coefficient (Wildman–Crippen LogP) is 7.72. The molecule has 0 bridgehead atoms. The zero-order valence-electron chi connectivity index (χ0n) is 19.4. The molecule has 1 N–H and O–H groups in total. The van der Waals surface area contributed by atoms with Crippen molar-refractivity contribution < 1.29 is 9.90 Å². The Kier molecular flexibility index (Phi) is 6.39. The first-order chi connectivity index (χ1) is 17.0. The lowest BCUT2D eigenvalue weighted by atomic mass is 9.98. The second kappa shape index (κ2) is 9.77. The maximum atomic E-state index is 11.6. The van der Waals surface area contributed by atoms with Crippen molar-refractivity contribution in [3.8, 4) is 22.3 Å². The zero-order chi connectivity index (χ0) is 24.4. The van der Waals surface area contributed by atoms with Crippen LogP contribution in [0.1, 0.15) is 35.1 Å². The van der Waals surface area contributed by atoms with Gasteiger partial charge in [0.25, 0.3) is 0 Å². The summed E-state index contributed by atoms with van der Waals surface area (Å²) in [5, 5.41) is 10.3. The lowest BCUT2D eigenvalue weighted by molar-refractivity contribution is 0.0697. The van der Waals surface area contributed by atoms with Gasteiger partial charge in [-0.3, -0.25) is 0 Å². The molecule has 35 heavy (non-hydrogen) atoms. The minimum Gasteiger partial charge on any atom is -0.478 e. The number of aryl methyl sites for hydroxylation is 1. The van der Waals surface area contributed by atoms with Crippen molar-refractivity contribution in [2.45, 2.75) is 26.3 Å². The molecule has 4 aromatic carbocycles. The number of hydrogen-bond donors (Lipinski definition) is 1. The molecule has 5 aromatic rings. The number of aromatic carboxylic acids is 1. The van der Waals surface area contributed by atoms with E-state index in [0.29, 0.717) is 12.1 Å². The molecule has 0 amide bonds. The Hall–Kier alpha value is -3.89. The van der Waals surface area contributed by atoms with Crippen LogP contribution in [-0.4, -0.2) is 20.6 Å². The molecule has 0 radical (unpaired) electrons. The third-order valence-electron chi connectivity index (χ3n) is 6.24. The molecule has 1 heterocycles. The van der Waals surface area contributed by atoms with Gasteiger partial charge in [0, 0.05) is 18.0 Å². The summed E-state index contributed by atoms with van der Waals surface area (Å²) in [6, 6.07) is 29.5. The molecule has 5 rings (SSSR count). The Balaban J connectivity index is 1.51. The lowest BCUT2D eigenvalue weighted by Crippen LogP contribution is -2.05. The maximum Gasteiger partial charge on any atom is 0.336 e. The third kappa shape index (κ3) is 4.71. The third-order valence-corrected chi connectivity index (χ3v) is 6.49. The highest BCUT2D eigenvalue weighted by atomic mass is 35.5. The van der Waals surface area contributed by atoms with Gasteiger partial charge in [0.2, 0.25) is 0 Å². The summed E-state index contributed by atoms with van der Waals surface area (Å²) in [6.07, 6.45) is 1.91. The Morgan fingerprint density at radius 2 is 1.57 bits per heavy atom. The number of hydrogen-bond acceptors (Lipinski definition) is 2. The molecule has 0 unspecified atom stereocenters. The van der Waals surface area contributed by atoms with Crippen LogP contribution in [-0.2, 0) is 13.0 Å². The minimum atomic E-state index is -0.921. The van der Waals surface area contributed by atoms with Crippen molar-refractivity contribution in [3.63, 3.8) is 0 Å². The van der Waals surface area contributed by atoms with E-state index in [9.17, 15) is 9.90 Å². The van der Waals surface area contributed by atoms with Crippen molar-refractivity contribution in [2.24, 2.45) is 0 Å². The number of carboxylic acids is 1. The van der Waals surface area contributed by atoms with E-state index in [2.05, 4.69) is 41.8 Å². The van der Waals surface area contributed by atoms with Crippen LogP contribution in [0.2, 0.25) is 5.02 Å². The number of nitrogens with zero attached hydrogens (tertiary/aromatic N) is 2. The number of aromatic nitrogens is 2. The van der Waals surface area contributed by atoms with Crippen molar-refractivity contribution in [1.82, 2.24) is 9.55 Å². The second-order valence-electron chi connectivity index (χ2n) is 8.62. The van der Waals surface area contributed by atoms with E-state index in [1.807, 2.05) is 48.5 Å². The van der Waals surface area contributed by atoms with Crippen molar-refractivity contribution in [1.29, 1.82) is 0 Å². The van der Waals surface area contributed by atoms with Gasteiger partial charge in [-0.25, -0.2) is 9.78 Å². The van der Waals surface area contributed by atoms with Crippen LogP contribution in [0.5, 0.6) is 0 Å². The van der Waals surface area contributed by atoms with Gasteiger partial charge in [0.05, 0.1) is 16.6 Å². The Morgan fingerprint density at radius 1 is 0.886 bits per heavy atom. The largest absolute Gasteiger partial charge is 0.478 e. The van der Waals surface area contributed by atoms with E-state index >= 15 is 0 Å². The number of halogens is 1. The summed E-state index contributed by atoms with van der Waals surface area (Å²) in [5.74, 6) is 0.145. The molecular weight excluding hydrogens is 456 g/mol. The fraction of sp³-hybridized carbons (Fsp3) is 0.133. The van der Waals surface area contributed by atoms with Gasteiger partial charge in [-0.05, 0) is 64.6 Å². The van der Waals surface area contributed by atoms with Crippen LogP contribution < -0.4 is 0 Å². The van der Waals surface area contributed by atoms with E-state index in [4.69, 9.17) is 16.6 Å². The minimum absolute atomic E-state index is 0.306.